The van der Waals surface area contributed by atoms with Crippen LogP contribution in [0.5, 0.6) is 11.5 Å². The molecule has 2 aromatic heterocycles. The molecule has 8 nitrogen and oxygen atoms in total. The van der Waals surface area contributed by atoms with Crippen molar-refractivity contribution in [3.8, 4) is 34.0 Å². The largest absolute Gasteiger partial charge is 0.457 e. The number of ether oxygens (including phenoxy) is 1. The summed E-state index contributed by atoms with van der Waals surface area (Å²) in [5, 5.41) is 18.9. The van der Waals surface area contributed by atoms with Gasteiger partial charge >= 0.3 is 0 Å². The van der Waals surface area contributed by atoms with E-state index in [-0.39, 0.29) is 5.69 Å². The predicted octanol–water partition coefficient (Wildman–Crippen LogP) is 5.57. The van der Waals surface area contributed by atoms with Crippen LogP contribution in [-0.4, -0.2) is 20.1 Å². The summed E-state index contributed by atoms with van der Waals surface area (Å²) in [7, 11) is 0. The lowest BCUT2D eigenvalue weighted by Crippen LogP contribution is -1.94. The van der Waals surface area contributed by atoms with Crippen molar-refractivity contribution in [2.24, 2.45) is 0 Å². The van der Waals surface area contributed by atoms with E-state index in [0.29, 0.717) is 39.4 Å². The first kappa shape index (κ1) is 19.3. The molecule has 5 rings (SSSR count). The highest BCUT2D eigenvalue weighted by Crippen LogP contribution is 2.35. The van der Waals surface area contributed by atoms with Crippen LogP contribution >= 0.6 is 0 Å². The van der Waals surface area contributed by atoms with Crippen molar-refractivity contribution in [2.75, 3.05) is 5.73 Å². The molecule has 0 spiro atoms. The number of non-ortho nitro benzene ring substituents is 1. The smallest absolute Gasteiger partial charge is 0.270 e. The molecule has 0 saturated carbocycles. The monoisotopic (exact) mass is 423 g/mol. The summed E-state index contributed by atoms with van der Waals surface area (Å²) >= 11 is 0. The summed E-state index contributed by atoms with van der Waals surface area (Å²) in [5.41, 5.74) is 9.43. The molecule has 0 aliphatic heterocycles. The van der Waals surface area contributed by atoms with Gasteiger partial charge in [-0.25, -0.2) is 4.98 Å². The first-order valence-corrected chi connectivity index (χ1v) is 9.81. The van der Waals surface area contributed by atoms with Crippen molar-refractivity contribution in [2.45, 2.75) is 0 Å². The Hall–Kier alpha value is -4.72. The number of H-pyrrole nitrogens is 1. The number of rotatable bonds is 5. The molecule has 0 unspecified atom stereocenters. The number of hydrogen-bond acceptors (Lipinski definition) is 6. The summed E-state index contributed by atoms with van der Waals surface area (Å²) in [6.45, 7) is 0. The zero-order chi connectivity index (χ0) is 22.1. The molecule has 8 heteroatoms. The summed E-state index contributed by atoms with van der Waals surface area (Å²) < 4.78 is 5.87. The Labute approximate surface area is 182 Å². The number of nitrogen functional groups attached to an aromatic ring is 1. The number of nitrogens with one attached hydrogen (secondary N) is 1. The van der Waals surface area contributed by atoms with Crippen LogP contribution in [0.1, 0.15) is 0 Å². The van der Waals surface area contributed by atoms with E-state index in [0.717, 1.165) is 11.3 Å². The molecule has 0 amide bonds. The van der Waals surface area contributed by atoms with Gasteiger partial charge in [-0.1, -0.05) is 30.3 Å². The van der Waals surface area contributed by atoms with Gasteiger partial charge in [0.25, 0.3) is 5.69 Å². The zero-order valence-electron chi connectivity index (χ0n) is 16.7. The van der Waals surface area contributed by atoms with E-state index in [4.69, 9.17) is 15.5 Å². The lowest BCUT2D eigenvalue weighted by Gasteiger charge is -2.09. The Balaban J connectivity index is 1.58. The van der Waals surface area contributed by atoms with Crippen molar-refractivity contribution in [1.29, 1.82) is 0 Å². The second kappa shape index (κ2) is 7.84. The van der Waals surface area contributed by atoms with Gasteiger partial charge in [-0.05, 0) is 42.5 Å². The molecule has 0 bridgehead atoms. The quantitative estimate of drug-likeness (QED) is 0.281. The third-order valence-corrected chi connectivity index (χ3v) is 5.03. The van der Waals surface area contributed by atoms with Crippen LogP contribution in [0, 0.1) is 10.1 Å². The fourth-order valence-corrected chi connectivity index (χ4v) is 3.51. The number of hydrogen-bond donors (Lipinski definition) is 2. The topological polar surface area (TPSA) is 120 Å². The normalized spacial score (nSPS) is 10.9. The third-order valence-electron chi connectivity index (χ3n) is 5.03. The van der Waals surface area contributed by atoms with Crippen molar-refractivity contribution in [3.05, 3.63) is 95.0 Å². The first-order valence-electron chi connectivity index (χ1n) is 9.81. The fourth-order valence-electron chi connectivity index (χ4n) is 3.51. The molecular weight excluding hydrogens is 406 g/mol. The number of anilines is 1. The highest BCUT2D eigenvalue weighted by molar-refractivity contribution is 6.01. The van der Waals surface area contributed by atoms with Crippen molar-refractivity contribution < 1.29 is 9.66 Å². The molecule has 2 heterocycles. The number of nitro groups is 1. The highest BCUT2D eigenvalue weighted by Gasteiger charge is 2.16. The molecule has 0 aliphatic rings. The van der Waals surface area contributed by atoms with Gasteiger partial charge in [0.1, 0.15) is 11.5 Å². The van der Waals surface area contributed by atoms with E-state index in [2.05, 4.69) is 10.2 Å². The fraction of sp³-hybridized carbons (Fsp3) is 0. The summed E-state index contributed by atoms with van der Waals surface area (Å²) in [5.74, 6) is 1.76. The van der Waals surface area contributed by atoms with Gasteiger partial charge in [-0.3, -0.25) is 15.2 Å². The maximum absolute atomic E-state index is 11.2. The number of fused-ring (bicyclic) bond motifs is 1. The van der Waals surface area contributed by atoms with Gasteiger partial charge in [0.2, 0.25) is 0 Å². The molecule has 5 aromatic rings. The van der Waals surface area contributed by atoms with Crippen LogP contribution in [0.15, 0.2) is 84.9 Å². The minimum absolute atomic E-state index is 0.00233. The number of para-hydroxylation sites is 1. The maximum atomic E-state index is 11.2. The Morgan fingerprint density at radius 3 is 2.38 bits per heavy atom. The maximum Gasteiger partial charge on any atom is 0.270 e. The molecular formula is C24H17N5O3. The van der Waals surface area contributed by atoms with Gasteiger partial charge in [0.15, 0.2) is 5.82 Å². The minimum Gasteiger partial charge on any atom is -0.457 e. The summed E-state index contributed by atoms with van der Waals surface area (Å²) in [6.07, 6.45) is 0. The molecule has 0 fully saturated rings. The molecule has 3 aromatic carbocycles. The van der Waals surface area contributed by atoms with Crippen LogP contribution in [0.4, 0.5) is 11.5 Å². The zero-order valence-corrected chi connectivity index (χ0v) is 16.7. The summed E-state index contributed by atoms with van der Waals surface area (Å²) in [6, 6.07) is 25.1. The number of nitrogens with two attached hydrogens (primary N) is 1. The predicted molar refractivity (Wildman–Crippen MR) is 122 cm³/mol. The SMILES string of the molecule is Nc1n[nH]c2cc(-c3cccc([N+](=O)[O-])c3)nc(-c3ccc(Oc4ccccc4)cc3)c12. The second-order valence-electron chi connectivity index (χ2n) is 7.13. The van der Waals surface area contributed by atoms with Crippen LogP contribution in [-0.2, 0) is 0 Å². The second-order valence-corrected chi connectivity index (χ2v) is 7.13. The number of aromatic amines is 1. The Morgan fingerprint density at radius 1 is 0.875 bits per heavy atom. The number of aromatic nitrogens is 3. The summed E-state index contributed by atoms with van der Waals surface area (Å²) in [4.78, 5) is 15.5. The lowest BCUT2D eigenvalue weighted by atomic mass is 10.0. The van der Waals surface area contributed by atoms with E-state index in [1.165, 1.54) is 12.1 Å². The standard InChI is InChI=1S/C24H17N5O3/c25-24-22-21(27-28-24)14-20(16-5-4-6-17(13-16)29(30)31)26-23(22)15-9-11-19(12-10-15)32-18-7-2-1-3-8-18/h1-14H,(H3,25,27,28). The molecule has 0 saturated heterocycles. The number of nitrogens with zero attached hydrogens (tertiary/aromatic N) is 3. The highest BCUT2D eigenvalue weighted by atomic mass is 16.6. The third kappa shape index (κ3) is 3.61. The lowest BCUT2D eigenvalue weighted by molar-refractivity contribution is -0.384. The van der Waals surface area contributed by atoms with Crippen molar-refractivity contribution in [3.63, 3.8) is 0 Å². The van der Waals surface area contributed by atoms with Crippen LogP contribution in [0.3, 0.4) is 0 Å². The molecule has 0 aliphatic carbocycles. The van der Waals surface area contributed by atoms with Gasteiger partial charge in [0.05, 0.1) is 27.2 Å². The van der Waals surface area contributed by atoms with Crippen LogP contribution < -0.4 is 10.5 Å². The number of pyridine rings is 1. The van der Waals surface area contributed by atoms with E-state index in [1.807, 2.05) is 54.6 Å². The number of benzene rings is 3. The number of nitro benzene ring substituents is 1. The van der Waals surface area contributed by atoms with E-state index < -0.39 is 4.92 Å². The van der Waals surface area contributed by atoms with Gasteiger partial charge in [0, 0.05) is 23.3 Å². The van der Waals surface area contributed by atoms with Crippen molar-refractivity contribution >= 4 is 22.4 Å². The van der Waals surface area contributed by atoms with Gasteiger partial charge in [-0.2, -0.15) is 5.10 Å². The van der Waals surface area contributed by atoms with Gasteiger partial charge < -0.3 is 10.5 Å². The molecule has 156 valence electrons. The minimum atomic E-state index is -0.428. The molecule has 3 N–H and O–H groups in total. The van der Waals surface area contributed by atoms with E-state index in [9.17, 15) is 10.1 Å². The Bertz CT molecular complexity index is 1430. The average Bonchev–Trinajstić information content (AvgIpc) is 3.20. The Morgan fingerprint density at radius 2 is 1.62 bits per heavy atom. The van der Waals surface area contributed by atoms with Crippen LogP contribution in [0.25, 0.3) is 33.4 Å². The average molecular weight is 423 g/mol. The van der Waals surface area contributed by atoms with Crippen LogP contribution in [0.2, 0.25) is 0 Å². The first-order chi connectivity index (χ1) is 15.6. The molecule has 0 atom stereocenters. The van der Waals surface area contributed by atoms with E-state index >= 15 is 0 Å². The van der Waals surface area contributed by atoms with Gasteiger partial charge in [-0.15, -0.1) is 0 Å². The van der Waals surface area contributed by atoms with Crippen molar-refractivity contribution in [1.82, 2.24) is 15.2 Å². The van der Waals surface area contributed by atoms with E-state index in [1.54, 1.807) is 18.2 Å². The molecule has 32 heavy (non-hydrogen) atoms. The molecule has 0 radical (unpaired) electrons. The Kier molecular flexibility index (Phi) is 4.72.